The van der Waals surface area contributed by atoms with E-state index in [2.05, 4.69) is 19.7 Å². The van der Waals surface area contributed by atoms with Crippen LogP contribution >= 0.6 is 0 Å². The summed E-state index contributed by atoms with van der Waals surface area (Å²) in [5.74, 6) is 0.840. The lowest BCUT2D eigenvalue weighted by Crippen LogP contribution is -1.93. The van der Waals surface area contributed by atoms with E-state index < -0.39 is 0 Å². The van der Waals surface area contributed by atoms with Gasteiger partial charge in [-0.3, -0.25) is 0 Å². The van der Waals surface area contributed by atoms with Gasteiger partial charge in [-0.15, -0.1) is 0 Å². The molecule has 0 N–H and O–H groups in total. The van der Waals surface area contributed by atoms with E-state index in [1.165, 1.54) is 0 Å². The van der Waals surface area contributed by atoms with E-state index in [0.717, 1.165) is 11.3 Å². The summed E-state index contributed by atoms with van der Waals surface area (Å²) in [6, 6.07) is 0. The van der Waals surface area contributed by atoms with Crippen LogP contribution in [-0.2, 0) is 4.74 Å². The molecule has 1 nitrogen and oxygen atoms in total. The summed E-state index contributed by atoms with van der Waals surface area (Å²) in [6.07, 6.45) is 8.85. The SMILES string of the molecule is C=C/C=C(\C=C)CO/C(C)=C/C=C. The largest absolute Gasteiger partial charge is 0.494 e. The maximum Gasteiger partial charge on any atom is 0.113 e. The number of hydrogen-bond donors (Lipinski definition) is 0. The van der Waals surface area contributed by atoms with Crippen molar-refractivity contribution in [3.8, 4) is 0 Å². The molecule has 0 aromatic carbocycles. The molecule has 0 unspecified atom stereocenters. The van der Waals surface area contributed by atoms with Gasteiger partial charge in [0, 0.05) is 0 Å². The highest BCUT2D eigenvalue weighted by molar-refractivity contribution is 5.21. The van der Waals surface area contributed by atoms with Crippen molar-refractivity contribution in [2.24, 2.45) is 0 Å². The number of allylic oxidation sites excluding steroid dienone is 5. The first-order valence-electron chi connectivity index (χ1n) is 4.10. The minimum atomic E-state index is 0.520. The quantitative estimate of drug-likeness (QED) is 0.445. The van der Waals surface area contributed by atoms with E-state index in [9.17, 15) is 0 Å². The summed E-state index contributed by atoms with van der Waals surface area (Å²) in [4.78, 5) is 0. The zero-order chi connectivity index (χ0) is 10.1. The molecule has 0 aliphatic carbocycles. The van der Waals surface area contributed by atoms with Crippen LogP contribution in [0.3, 0.4) is 0 Å². The van der Waals surface area contributed by atoms with Gasteiger partial charge in [-0.05, 0) is 18.6 Å². The molecule has 13 heavy (non-hydrogen) atoms. The molecule has 70 valence electrons. The molecular weight excluding hydrogens is 160 g/mol. The van der Waals surface area contributed by atoms with E-state index in [1.54, 1.807) is 18.2 Å². The summed E-state index contributed by atoms with van der Waals surface area (Å²) in [6.45, 7) is 13.3. The Morgan fingerprint density at radius 2 is 1.77 bits per heavy atom. The second-order valence-electron chi connectivity index (χ2n) is 2.48. The van der Waals surface area contributed by atoms with E-state index in [0.29, 0.717) is 6.61 Å². The molecule has 0 aromatic heterocycles. The first kappa shape index (κ1) is 11.5. The molecular formula is C12H16O. The van der Waals surface area contributed by atoms with Crippen LogP contribution in [0.25, 0.3) is 0 Å². The standard InChI is InChI=1S/C12H16O/c1-5-8-11(4)13-10-12(7-3)9-6-2/h5-9H,1-3,10H2,4H3/b11-8+,12-9+. The normalized spacial score (nSPS) is 12.1. The molecule has 0 heterocycles. The van der Waals surface area contributed by atoms with Crippen LogP contribution < -0.4 is 0 Å². The molecule has 0 aliphatic rings. The van der Waals surface area contributed by atoms with Gasteiger partial charge < -0.3 is 4.74 Å². The number of hydrogen-bond acceptors (Lipinski definition) is 1. The molecule has 0 fully saturated rings. The summed E-state index contributed by atoms with van der Waals surface area (Å²) < 4.78 is 5.39. The van der Waals surface area contributed by atoms with Crippen molar-refractivity contribution in [3.63, 3.8) is 0 Å². The zero-order valence-electron chi connectivity index (χ0n) is 8.12. The second-order valence-corrected chi connectivity index (χ2v) is 2.48. The molecule has 1 heteroatoms. The van der Waals surface area contributed by atoms with Gasteiger partial charge in [0.25, 0.3) is 0 Å². The van der Waals surface area contributed by atoms with Gasteiger partial charge in [-0.1, -0.05) is 44.0 Å². The fraction of sp³-hybridized carbons (Fsp3) is 0.167. The van der Waals surface area contributed by atoms with Crippen LogP contribution in [0.1, 0.15) is 6.92 Å². The second kappa shape index (κ2) is 7.17. The van der Waals surface area contributed by atoms with Crippen molar-refractivity contribution in [1.82, 2.24) is 0 Å². The van der Waals surface area contributed by atoms with Gasteiger partial charge in [-0.25, -0.2) is 0 Å². The molecule has 0 atom stereocenters. The molecule has 0 aliphatic heterocycles. The minimum absolute atomic E-state index is 0.520. The minimum Gasteiger partial charge on any atom is -0.494 e. The Bertz CT molecular complexity index is 244. The van der Waals surface area contributed by atoms with Crippen molar-refractivity contribution in [2.75, 3.05) is 6.61 Å². The van der Waals surface area contributed by atoms with E-state index in [4.69, 9.17) is 4.74 Å². The fourth-order valence-electron chi connectivity index (χ4n) is 0.738. The number of rotatable bonds is 6. The zero-order valence-corrected chi connectivity index (χ0v) is 8.12. The van der Waals surface area contributed by atoms with Crippen LogP contribution in [-0.4, -0.2) is 6.61 Å². The van der Waals surface area contributed by atoms with Crippen LogP contribution in [0.2, 0.25) is 0 Å². The highest BCUT2D eigenvalue weighted by atomic mass is 16.5. The lowest BCUT2D eigenvalue weighted by molar-refractivity contribution is 0.244. The first-order chi connectivity index (χ1) is 6.24. The summed E-state index contributed by atoms with van der Waals surface area (Å²) in [7, 11) is 0. The number of ether oxygens (including phenoxy) is 1. The van der Waals surface area contributed by atoms with Gasteiger partial charge in [-0.2, -0.15) is 0 Å². The van der Waals surface area contributed by atoms with Crippen LogP contribution in [0, 0.1) is 0 Å². The predicted octanol–water partition coefficient (Wildman–Crippen LogP) is 3.39. The van der Waals surface area contributed by atoms with Gasteiger partial charge in [0.1, 0.15) is 6.61 Å². The van der Waals surface area contributed by atoms with E-state index in [1.807, 2.05) is 19.1 Å². The molecule has 0 amide bonds. The van der Waals surface area contributed by atoms with E-state index in [-0.39, 0.29) is 0 Å². The average molecular weight is 176 g/mol. The molecule has 0 bridgehead atoms. The van der Waals surface area contributed by atoms with Gasteiger partial charge in [0.05, 0.1) is 5.76 Å². The topological polar surface area (TPSA) is 9.23 Å². The highest BCUT2D eigenvalue weighted by Gasteiger charge is 1.91. The average Bonchev–Trinajstić information content (AvgIpc) is 2.12. The third-order valence-corrected chi connectivity index (χ3v) is 1.41. The smallest absolute Gasteiger partial charge is 0.113 e. The fourth-order valence-corrected chi connectivity index (χ4v) is 0.738. The lowest BCUT2D eigenvalue weighted by Gasteiger charge is -2.05. The molecule has 0 spiro atoms. The predicted molar refractivity (Wildman–Crippen MR) is 58.4 cm³/mol. The Labute approximate surface area is 80.4 Å². The van der Waals surface area contributed by atoms with Gasteiger partial charge >= 0.3 is 0 Å². The van der Waals surface area contributed by atoms with Gasteiger partial charge in [0.2, 0.25) is 0 Å². The summed E-state index contributed by atoms with van der Waals surface area (Å²) >= 11 is 0. The van der Waals surface area contributed by atoms with Crippen LogP contribution in [0.5, 0.6) is 0 Å². The molecule has 0 saturated heterocycles. The summed E-state index contributed by atoms with van der Waals surface area (Å²) in [5, 5.41) is 0. The Hall–Kier alpha value is -1.50. The highest BCUT2D eigenvalue weighted by Crippen LogP contribution is 2.02. The monoisotopic (exact) mass is 176 g/mol. The Morgan fingerprint density at radius 3 is 2.23 bits per heavy atom. The summed E-state index contributed by atoms with van der Waals surface area (Å²) in [5.41, 5.74) is 1.01. The maximum atomic E-state index is 5.39. The van der Waals surface area contributed by atoms with Crippen molar-refractivity contribution in [1.29, 1.82) is 0 Å². The van der Waals surface area contributed by atoms with E-state index >= 15 is 0 Å². The Kier molecular flexibility index (Phi) is 6.34. The first-order valence-corrected chi connectivity index (χ1v) is 4.10. The third kappa shape index (κ3) is 5.74. The lowest BCUT2D eigenvalue weighted by atomic mass is 10.2. The van der Waals surface area contributed by atoms with Crippen molar-refractivity contribution in [3.05, 3.63) is 61.4 Å². The molecule has 0 saturated carbocycles. The third-order valence-electron chi connectivity index (χ3n) is 1.41. The Balaban J connectivity index is 4.06. The van der Waals surface area contributed by atoms with Crippen LogP contribution in [0.4, 0.5) is 0 Å². The van der Waals surface area contributed by atoms with Crippen molar-refractivity contribution >= 4 is 0 Å². The van der Waals surface area contributed by atoms with Gasteiger partial charge in [0.15, 0.2) is 0 Å². The molecule has 0 radical (unpaired) electrons. The molecule has 0 rings (SSSR count). The van der Waals surface area contributed by atoms with Crippen LogP contribution in [0.15, 0.2) is 61.4 Å². The molecule has 0 aromatic rings. The Morgan fingerprint density at radius 1 is 1.15 bits per heavy atom. The van der Waals surface area contributed by atoms with Crippen molar-refractivity contribution < 1.29 is 4.74 Å². The maximum absolute atomic E-state index is 5.39. The van der Waals surface area contributed by atoms with Crippen molar-refractivity contribution in [2.45, 2.75) is 6.92 Å².